The Bertz CT molecular complexity index is 886. The molecule has 168 valence electrons. The summed E-state index contributed by atoms with van der Waals surface area (Å²) in [6.07, 6.45) is 1.82. The van der Waals surface area contributed by atoms with Crippen molar-refractivity contribution in [1.29, 1.82) is 0 Å². The highest BCUT2D eigenvalue weighted by atomic mass is 35.5. The van der Waals surface area contributed by atoms with Crippen LogP contribution in [0.3, 0.4) is 0 Å². The van der Waals surface area contributed by atoms with Crippen molar-refractivity contribution in [3.8, 4) is 0 Å². The lowest BCUT2D eigenvalue weighted by Gasteiger charge is -2.20. The van der Waals surface area contributed by atoms with E-state index >= 15 is 0 Å². The number of carboxylic acid groups (broad SMARTS) is 1. The Balaban J connectivity index is 0.000000262. The molecule has 0 bridgehead atoms. The molecule has 0 aliphatic carbocycles. The van der Waals surface area contributed by atoms with Gasteiger partial charge in [0.25, 0.3) is 5.09 Å². The van der Waals surface area contributed by atoms with Crippen molar-refractivity contribution in [2.24, 2.45) is 5.92 Å². The fourth-order valence-corrected chi connectivity index (χ4v) is 3.33. The molecule has 1 aliphatic heterocycles. The summed E-state index contributed by atoms with van der Waals surface area (Å²) in [5.74, 6) is -1.07. The van der Waals surface area contributed by atoms with Crippen LogP contribution < -0.4 is 10.6 Å². The Labute approximate surface area is 184 Å². The first-order valence-electron chi connectivity index (χ1n) is 9.76. The minimum atomic E-state index is -0.946. The molecule has 0 saturated carbocycles. The van der Waals surface area contributed by atoms with Gasteiger partial charge in [0, 0.05) is 5.69 Å². The standard InChI is InChI=1S/C15H13ClFNO2.C6H12N2O3/c1-9-5-6-13(10(7-9)8-14(19)20)18-15-11(16)3-2-4-12(15)17;9-8(10)11-5-6-1-3-7-4-2-6/h2-7,18H,8H2,1H3,(H,19,20);6-7H,1-5H2. The summed E-state index contributed by atoms with van der Waals surface area (Å²) in [5, 5.41) is 24.3. The Kier molecular flexibility index (Phi) is 9.48. The number of carboxylic acids is 1. The zero-order valence-corrected chi connectivity index (χ0v) is 17.8. The van der Waals surface area contributed by atoms with Gasteiger partial charge in [-0.1, -0.05) is 35.4 Å². The third-order valence-corrected chi connectivity index (χ3v) is 5.01. The highest BCUT2D eigenvalue weighted by Gasteiger charge is 2.14. The van der Waals surface area contributed by atoms with Gasteiger partial charge in [0.2, 0.25) is 0 Å². The smallest absolute Gasteiger partial charge is 0.307 e. The first kappa shape index (κ1) is 24.4. The number of aryl methyl sites for hydroxylation is 1. The fourth-order valence-electron chi connectivity index (χ4n) is 3.12. The topological polar surface area (TPSA) is 114 Å². The molecule has 1 heterocycles. The molecule has 1 aliphatic rings. The van der Waals surface area contributed by atoms with Gasteiger partial charge in [-0.05, 0) is 62.5 Å². The van der Waals surface area contributed by atoms with Gasteiger partial charge < -0.3 is 20.6 Å². The van der Waals surface area contributed by atoms with E-state index < -0.39 is 16.9 Å². The summed E-state index contributed by atoms with van der Waals surface area (Å²) < 4.78 is 13.7. The second kappa shape index (κ2) is 12.1. The van der Waals surface area contributed by atoms with Crippen molar-refractivity contribution in [2.75, 3.05) is 25.0 Å². The molecule has 2 aromatic carbocycles. The van der Waals surface area contributed by atoms with Crippen molar-refractivity contribution >= 4 is 28.9 Å². The van der Waals surface area contributed by atoms with E-state index in [1.807, 2.05) is 13.0 Å². The number of hydrogen-bond donors (Lipinski definition) is 3. The molecule has 3 N–H and O–H groups in total. The third-order valence-electron chi connectivity index (χ3n) is 4.70. The van der Waals surface area contributed by atoms with Crippen LogP contribution in [0.15, 0.2) is 36.4 Å². The average Bonchev–Trinajstić information content (AvgIpc) is 2.71. The van der Waals surface area contributed by atoms with E-state index in [0.717, 1.165) is 31.5 Å². The van der Waals surface area contributed by atoms with Gasteiger partial charge in [-0.15, -0.1) is 10.1 Å². The largest absolute Gasteiger partial charge is 0.481 e. The number of nitrogens with one attached hydrogen (secondary N) is 2. The van der Waals surface area contributed by atoms with Crippen molar-refractivity contribution in [3.05, 3.63) is 68.5 Å². The first-order valence-corrected chi connectivity index (χ1v) is 10.1. The van der Waals surface area contributed by atoms with Crippen LogP contribution in [0.4, 0.5) is 15.8 Å². The molecule has 0 unspecified atom stereocenters. The molecular formula is C21H25ClFN3O5. The van der Waals surface area contributed by atoms with Crippen LogP contribution in [0.1, 0.15) is 24.0 Å². The van der Waals surface area contributed by atoms with E-state index in [9.17, 15) is 19.3 Å². The summed E-state index contributed by atoms with van der Waals surface area (Å²) in [7, 11) is 0. The number of hydrogen-bond acceptors (Lipinski definition) is 6. The second-order valence-electron chi connectivity index (χ2n) is 7.17. The van der Waals surface area contributed by atoms with E-state index in [0.29, 0.717) is 17.2 Å². The lowest BCUT2D eigenvalue weighted by Crippen LogP contribution is -2.30. The Morgan fingerprint density at radius 2 is 2.06 bits per heavy atom. The van der Waals surface area contributed by atoms with Crippen molar-refractivity contribution in [3.63, 3.8) is 0 Å². The van der Waals surface area contributed by atoms with Crippen LogP contribution in [-0.4, -0.2) is 35.9 Å². The molecular weight excluding hydrogens is 429 g/mol. The number of carbonyl (C=O) groups is 1. The van der Waals surface area contributed by atoms with Crippen LogP contribution in [0.2, 0.25) is 5.02 Å². The molecule has 1 saturated heterocycles. The number of para-hydroxylation sites is 1. The average molecular weight is 454 g/mol. The quantitative estimate of drug-likeness (QED) is 0.421. The molecule has 2 aromatic rings. The summed E-state index contributed by atoms with van der Waals surface area (Å²) in [4.78, 5) is 25.0. The minimum absolute atomic E-state index is 0.143. The fraction of sp³-hybridized carbons (Fsp3) is 0.381. The maximum Gasteiger partial charge on any atom is 0.307 e. The summed E-state index contributed by atoms with van der Waals surface area (Å²) >= 11 is 5.95. The molecule has 10 heteroatoms. The van der Waals surface area contributed by atoms with Crippen LogP contribution >= 0.6 is 11.6 Å². The number of piperidine rings is 1. The van der Waals surface area contributed by atoms with E-state index in [2.05, 4.69) is 15.5 Å². The van der Waals surface area contributed by atoms with Gasteiger partial charge in [-0.2, -0.15) is 0 Å². The summed E-state index contributed by atoms with van der Waals surface area (Å²) in [5.41, 5.74) is 2.19. The monoisotopic (exact) mass is 453 g/mol. The van der Waals surface area contributed by atoms with Crippen LogP contribution in [0, 0.1) is 28.8 Å². The normalized spacial score (nSPS) is 13.6. The highest BCUT2D eigenvalue weighted by molar-refractivity contribution is 6.33. The highest BCUT2D eigenvalue weighted by Crippen LogP contribution is 2.30. The molecule has 0 radical (unpaired) electrons. The number of nitrogens with zero attached hydrogens (tertiary/aromatic N) is 1. The molecule has 31 heavy (non-hydrogen) atoms. The predicted octanol–water partition coefficient (Wildman–Crippen LogP) is 4.35. The second-order valence-corrected chi connectivity index (χ2v) is 7.57. The van der Waals surface area contributed by atoms with Crippen molar-refractivity contribution in [2.45, 2.75) is 26.2 Å². The van der Waals surface area contributed by atoms with E-state index in [-0.39, 0.29) is 23.7 Å². The van der Waals surface area contributed by atoms with Crippen LogP contribution in [-0.2, 0) is 16.1 Å². The number of anilines is 2. The Hall–Kier alpha value is -2.91. The van der Waals surface area contributed by atoms with Gasteiger partial charge in [-0.25, -0.2) is 4.39 Å². The minimum Gasteiger partial charge on any atom is -0.481 e. The van der Waals surface area contributed by atoms with Crippen molar-refractivity contribution in [1.82, 2.24) is 5.32 Å². The zero-order valence-electron chi connectivity index (χ0n) is 17.1. The summed E-state index contributed by atoms with van der Waals surface area (Å²) in [6.45, 7) is 4.03. The number of halogens is 2. The molecule has 0 amide bonds. The van der Waals surface area contributed by atoms with Gasteiger partial charge in [0.15, 0.2) is 0 Å². The molecule has 3 rings (SSSR count). The van der Waals surface area contributed by atoms with E-state index in [1.165, 1.54) is 12.1 Å². The lowest BCUT2D eigenvalue weighted by molar-refractivity contribution is -0.759. The van der Waals surface area contributed by atoms with Crippen LogP contribution in [0.5, 0.6) is 0 Å². The third kappa shape index (κ3) is 8.39. The van der Waals surface area contributed by atoms with Gasteiger partial charge in [0.05, 0.1) is 23.7 Å². The maximum absolute atomic E-state index is 13.7. The predicted molar refractivity (Wildman–Crippen MR) is 116 cm³/mol. The molecule has 0 atom stereocenters. The van der Waals surface area contributed by atoms with Gasteiger partial charge >= 0.3 is 5.97 Å². The SMILES string of the molecule is Cc1ccc(Nc2c(F)cccc2Cl)c(CC(=O)O)c1.O=[N+]([O-])OCC1CCNCC1. The molecule has 0 aromatic heterocycles. The number of aliphatic carboxylic acids is 1. The number of benzene rings is 2. The molecule has 1 fully saturated rings. The first-order chi connectivity index (χ1) is 14.8. The Morgan fingerprint density at radius 1 is 1.35 bits per heavy atom. The lowest BCUT2D eigenvalue weighted by atomic mass is 10.00. The maximum atomic E-state index is 13.7. The Morgan fingerprint density at radius 3 is 2.68 bits per heavy atom. The molecule has 8 nitrogen and oxygen atoms in total. The van der Waals surface area contributed by atoms with E-state index in [1.54, 1.807) is 18.2 Å². The van der Waals surface area contributed by atoms with Crippen LogP contribution in [0.25, 0.3) is 0 Å². The summed E-state index contributed by atoms with van der Waals surface area (Å²) in [6, 6.07) is 9.66. The van der Waals surface area contributed by atoms with E-state index in [4.69, 9.17) is 16.7 Å². The van der Waals surface area contributed by atoms with Crippen molar-refractivity contribution < 1.29 is 24.2 Å². The zero-order chi connectivity index (χ0) is 22.8. The van der Waals surface area contributed by atoms with Gasteiger partial charge in [-0.3, -0.25) is 4.79 Å². The number of rotatable bonds is 7. The van der Waals surface area contributed by atoms with Gasteiger partial charge in [0.1, 0.15) is 5.82 Å². The molecule has 0 spiro atoms.